The lowest BCUT2D eigenvalue weighted by atomic mass is 9.85. The lowest BCUT2D eigenvalue weighted by Gasteiger charge is -2.21. The van der Waals surface area contributed by atoms with Crippen LogP contribution < -0.4 is 4.74 Å². The number of halogens is 2. The molecule has 0 unspecified atom stereocenters. The van der Waals surface area contributed by atoms with Crippen molar-refractivity contribution in [3.8, 4) is 5.75 Å². The van der Waals surface area contributed by atoms with Gasteiger partial charge >= 0.3 is 0 Å². The molecule has 1 aromatic carbocycles. The Kier molecular flexibility index (Phi) is 5.74. The Bertz CT molecular complexity index is 480. The Morgan fingerprint density at radius 3 is 2.55 bits per heavy atom. The van der Waals surface area contributed by atoms with Gasteiger partial charge in [-0.05, 0) is 18.4 Å². The Hall–Kier alpha value is -0.730. The first-order chi connectivity index (χ1) is 9.61. The Labute approximate surface area is 130 Å². The molecule has 0 aliphatic heterocycles. The highest BCUT2D eigenvalue weighted by atomic mass is 35.5. The highest BCUT2D eigenvalue weighted by Crippen LogP contribution is 2.33. The van der Waals surface area contributed by atoms with Crippen LogP contribution in [0.4, 0.5) is 0 Å². The van der Waals surface area contributed by atoms with Gasteiger partial charge in [0.2, 0.25) is 0 Å². The average molecular weight is 315 g/mol. The number of hydrogen-bond donors (Lipinski definition) is 0. The minimum atomic E-state index is 0.0742. The Morgan fingerprint density at radius 2 is 1.90 bits per heavy atom. The third kappa shape index (κ3) is 3.89. The number of Topliss-reactive ketones (excluding diaryl/α,β-unsaturated/α-hetero) is 1. The van der Waals surface area contributed by atoms with Crippen LogP contribution in [-0.4, -0.2) is 12.9 Å². The van der Waals surface area contributed by atoms with E-state index in [9.17, 15) is 4.79 Å². The molecule has 1 fully saturated rings. The topological polar surface area (TPSA) is 26.3 Å². The number of rotatable bonds is 5. The van der Waals surface area contributed by atoms with Crippen molar-refractivity contribution < 1.29 is 9.53 Å². The monoisotopic (exact) mass is 314 g/mol. The van der Waals surface area contributed by atoms with E-state index in [1.807, 2.05) is 0 Å². The molecule has 1 saturated carbocycles. The van der Waals surface area contributed by atoms with Gasteiger partial charge < -0.3 is 4.74 Å². The zero-order valence-electron chi connectivity index (χ0n) is 11.8. The lowest BCUT2D eigenvalue weighted by molar-refractivity contribution is 0.0970. The minimum absolute atomic E-state index is 0.0742. The fourth-order valence-corrected chi connectivity index (χ4v) is 3.34. The fourth-order valence-electron chi connectivity index (χ4n) is 2.84. The van der Waals surface area contributed by atoms with E-state index in [2.05, 4.69) is 0 Å². The normalized spacial score (nSPS) is 16.1. The second kappa shape index (κ2) is 7.33. The molecular weight excluding hydrogens is 295 g/mol. The van der Waals surface area contributed by atoms with Crippen LogP contribution in [0.1, 0.15) is 55.3 Å². The molecule has 0 aromatic heterocycles. The van der Waals surface area contributed by atoms with E-state index in [0.29, 0.717) is 33.7 Å². The van der Waals surface area contributed by atoms with Gasteiger partial charge in [0.1, 0.15) is 5.75 Å². The van der Waals surface area contributed by atoms with E-state index in [-0.39, 0.29) is 5.78 Å². The summed E-state index contributed by atoms with van der Waals surface area (Å²) in [5, 5.41) is 0.845. The second-order valence-corrected chi connectivity index (χ2v) is 6.25. The average Bonchev–Trinajstić information content (AvgIpc) is 2.47. The van der Waals surface area contributed by atoms with Crippen molar-refractivity contribution >= 4 is 29.0 Å². The first-order valence-corrected chi connectivity index (χ1v) is 7.93. The summed E-state index contributed by atoms with van der Waals surface area (Å²) < 4.78 is 5.09. The van der Waals surface area contributed by atoms with E-state index in [1.165, 1.54) is 39.2 Å². The predicted molar refractivity (Wildman–Crippen MR) is 83.2 cm³/mol. The van der Waals surface area contributed by atoms with Crippen LogP contribution in [0.5, 0.6) is 5.75 Å². The van der Waals surface area contributed by atoms with Crippen molar-refractivity contribution in [1.29, 1.82) is 0 Å². The molecule has 4 heteroatoms. The lowest BCUT2D eigenvalue weighted by Crippen LogP contribution is -2.09. The quantitative estimate of drug-likeness (QED) is 0.666. The van der Waals surface area contributed by atoms with Crippen molar-refractivity contribution in [2.75, 3.05) is 7.11 Å². The van der Waals surface area contributed by atoms with Crippen LogP contribution in [0, 0.1) is 5.92 Å². The molecule has 0 bridgehead atoms. The van der Waals surface area contributed by atoms with Gasteiger partial charge in [-0.3, -0.25) is 4.79 Å². The van der Waals surface area contributed by atoms with Crippen molar-refractivity contribution in [3.05, 3.63) is 27.7 Å². The number of carbonyl (C=O) groups excluding carboxylic acids is 1. The van der Waals surface area contributed by atoms with E-state index in [4.69, 9.17) is 27.9 Å². The maximum Gasteiger partial charge on any atom is 0.164 e. The third-order valence-corrected chi connectivity index (χ3v) is 4.65. The Morgan fingerprint density at radius 1 is 1.20 bits per heavy atom. The highest BCUT2D eigenvalue weighted by Gasteiger charge is 2.18. The maximum atomic E-state index is 12.3. The largest absolute Gasteiger partial charge is 0.495 e. The van der Waals surface area contributed by atoms with Crippen LogP contribution in [0.25, 0.3) is 0 Å². The van der Waals surface area contributed by atoms with Crippen LogP contribution in [0.15, 0.2) is 12.1 Å². The van der Waals surface area contributed by atoms with Gasteiger partial charge in [-0.25, -0.2) is 0 Å². The molecule has 0 heterocycles. The molecule has 0 spiro atoms. The summed E-state index contributed by atoms with van der Waals surface area (Å²) in [6.07, 6.45) is 7.95. The van der Waals surface area contributed by atoms with Crippen molar-refractivity contribution in [2.45, 2.75) is 44.9 Å². The molecule has 1 aliphatic carbocycles. The molecule has 1 aliphatic rings. The molecule has 0 N–H and O–H groups in total. The van der Waals surface area contributed by atoms with Crippen LogP contribution in [0.2, 0.25) is 10.0 Å². The molecule has 1 aromatic rings. The number of ketones is 1. The predicted octanol–water partition coefficient (Wildman–Crippen LogP) is 5.55. The van der Waals surface area contributed by atoms with Crippen LogP contribution in [-0.2, 0) is 0 Å². The third-order valence-electron chi connectivity index (χ3n) is 4.05. The van der Waals surface area contributed by atoms with E-state index < -0.39 is 0 Å². The van der Waals surface area contributed by atoms with Gasteiger partial charge in [0.15, 0.2) is 5.78 Å². The van der Waals surface area contributed by atoms with E-state index in [0.717, 1.165) is 6.42 Å². The zero-order valence-corrected chi connectivity index (χ0v) is 13.3. The summed E-state index contributed by atoms with van der Waals surface area (Å²) in [5.74, 6) is 1.27. The smallest absolute Gasteiger partial charge is 0.164 e. The second-order valence-electron chi connectivity index (χ2n) is 5.43. The SMILES string of the molecule is COc1cc(Cl)c(C(=O)CCC2CCCCC2)cc1Cl. The zero-order chi connectivity index (χ0) is 14.5. The molecular formula is C16H20Cl2O2. The van der Waals surface area contributed by atoms with Gasteiger partial charge in [-0.2, -0.15) is 0 Å². The molecule has 110 valence electrons. The van der Waals surface area contributed by atoms with Crippen LogP contribution >= 0.6 is 23.2 Å². The molecule has 20 heavy (non-hydrogen) atoms. The summed E-state index contributed by atoms with van der Waals surface area (Å²) in [7, 11) is 1.53. The van der Waals surface area contributed by atoms with Gasteiger partial charge in [-0.1, -0.05) is 55.3 Å². The van der Waals surface area contributed by atoms with E-state index >= 15 is 0 Å². The highest BCUT2D eigenvalue weighted by molar-refractivity contribution is 6.36. The molecule has 0 saturated heterocycles. The maximum absolute atomic E-state index is 12.3. The van der Waals surface area contributed by atoms with Crippen molar-refractivity contribution in [1.82, 2.24) is 0 Å². The molecule has 0 amide bonds. The minimum Gasteiger partial charge on any atom is -0.495 e. The number of benzene rings is 1. The standard InChI is InChI=1S/C16H20Cl2O2/c1-20-16-10-13(17)12(9-14(16)18)15(19)8-7-11-5-3-2-4-6-11/h9-11H,2-8H2,1H3. The fraction of sp³-hybridized carbons (Fsp3) is 0.562. The first kappa shape index (κ1) is 15.7. The van der Waals surface area contributed by atoms with Crippen molar-refractivity contribution in [2.24, 2.45) is 5.92 Å². The molecule has 2 rings (SSSR count). The number of methoxy groups -OCH3 is 1. The number of ether oxygens (including phenoxy) is 1. The Balaban J connectivity index is 1.99. The summed E-state index contributed by atoms with van der Waals surface area (Å²) in [6.45, 7) is 0. The molecule has 2 nitrogen and oxygen atoms in total. The molecule has 0 atom stereocenters. The molecule has 0 radical (unpaired) electrons. The van der Waals surface area contributed by atoms with Gasteiger partial charge in [0, 0.05) is 18.1 Å². The number of carbonyl (C=O) groups is 1. The summed E-state index contributed by atoms with van der Waals surface area (Å²) in [5.41, 5.74) is 0.508. The summed E-state index contributed by atoms with van der Waals surface area (Å²) >= 11 is 12.2. The van der Waals surface area contributed by atoms with E-state index in [1.54, 1.807) is 12.1 Å². The number of hydrogen-bond acceptors (Lipinski definition) is 2. The first-order valence-electron chi connectivity index (χ1n) is 7.18. The van der Waals surface area contributed by atoms with Gasteiger partial charge in [0.25, 0.3) is 0 Å². The van der Waals surface area contributed by atoms with Crippen LogP contribution in [0.3, 0.4) is 0 Å². The van der Waals surface area contributed by atoms with Crippen molar-refractivity contribution in [3.63, 3.8) is 0 Å². The summed E-state index contributed by atoms with van der Waals surface area (Å²) in [6, 6.07) is 3.23. The summed E-state index contributed by atoms with van der Waals surface area (Å²) in [4.78, 5) is 12.3. The van der Waals surface area contributed by atoms with Gasteiger partial charge in [-0.15, -0.1) is 0 Å². The van der Waals surface area contributed by atoms with Gasteiger partial charge in [0.05, 0.1) is 17.2 Å².